The molecule has 0 saturated heterocycles. The average Bonchev–Trinajstić information content (AvgIpc) is 3.35. The van der Waals surface area contributed by atoms with E-state index in [2.05, 4.69) is 52.3 Å². The fourth-order valence-electron chi connectivity index (χ4n) is 4.78. The summed E-state index contributed by atoms with van der Waals surface area (Å²) >= 11 is 1.52. The van der Waals surface area contributed by atoms with Crippen LogP contribution in [0, 0.1) is 25.7 Å². The minimum absolute atomic E-state index is 0.0589. The molecular weight excluding hydrogens is 472 g/mol. The summed E-state index contributed by atoms with van der Waals surface area (Å²) in [5.74, 6) is 0.475. The van der Waals surface area contributed by atoms with E-state index >= 15 is 0 Å². The molecule has 8 heteroatoms. The highest BCUT2D eigenvalue weighted by Crippen LogP contribution is 2.43. The first-order valence-corrected chi connectivity index (χ1v) is 13.6. The number of rotatable bonds is 9. The van der Waals surface area contributed by atoms with Crippen LogP contribution in [0.2, 0.25) is 0 Å². The molecule has 0 aliphatic heterocycles. The minimum Gasteiger partial charge on any atom is -0.465 e. The van der Waals surface area contributed by atoms with Gasteiger partial charge in [0.25, 0.3) is 0 Å². The van der Waals surface area contributed by atoms with Crippen LogP contribution >= 0.6 is 11.3 Å². The van der Waals surface area contributed by atoms with E-state index in [-0.39, 0.29) is 17.8 Å². The van der Waals surface area contributed by atoms with Crippen molar-refractivity contribution in [3.8, 4) is 10.4 Å². The lowest BCUT2D eigenvalue weighted by atomic mass is 9.74. The summed E-state index contributed by atoms with van der Waals surface area (Å²) in [7, 11) is 0. The molecule has 2 N–H and O–H groups in total. The van der Waals surface area contributed by atoms with Crippen molar-refractivity contribution in [1.82, 2.24) is 15.0 Å². The number of ether oxygens (including phenoxy) is 1. The van der Waals surface area contributed by atoms with E-state index in [4.69, 9.17) is 4.74 Å². The van der Waals surface area contributed by atoms with Crippen LogP contribution in [0.1, 0.15) is 68.6 Å². The van der Waals surface area contributed by atoms with Gasteiger partial charge in [-0.25, -0.2) is 15.0 Å². The van der Waals surface area contributed by atoms with Crippen LogP contribution in [0.3, 0.4) is 0 Å². The Morgan fingerprint density at radius 2 is 1.97 bits per heavy atom. The molecule has 192 valence electrons. The summed E-state index contributed by atoms with van der Waals surface area (Å²) < 4.78 is 5.42. The summed E-state index contributed by atoms with van der Waals surface area (Å²) in [6.07, 6.45) is 8.56. The number of hydrogen-bond acceptors (Lipinski definition) is 8. The average molecular weight is 509 g/mol. The van der Waals surface area contributed by atoms with Crippen molar-refractivity contribution in [1.29, 1.82) is 0 Å². The number of thiazole rings is 1. The predicted octanol–water partition coefficient (Wildman–Crippen LogP) is 6.32. The molecule has 0 spiro atoms. The number of aromatic nitrogens is 3. The van der Waals surface area contributed by atoms with Gasteiger partial charge in [0.15, 0.2) is 0 Å². The van der Waals surface area contributed by atoms with Gasteiger partial charge in [0, 0.05) is 23.8 Å². The zero-order chi connectivity index (χ0) is 25.7. The minimum atomic E-state index is -1.04. The predicted molar refractivity (Wildman–Crippen MR) is 143 cm³/mol. The molecule has 1 atom stereocenters. The van der Waals surface area contributed by atoms with Crippen LogP contribution in [0.15, 0.2) is 36.7 Å². The molecule has 7 nitrogen and oxygen atoms in total. The number of aliphatic hydroxyl groups is 1. The maximum atomic E-state index is 12.3. The number of nitrogens with zero attached hydrogens (tertiary/aromatic N) is 3. The van der Waals surface area contributed by atoms with E-state index < -0.39 is 5.60 Å². The number of aryl methyl sites for hydroxylation is 2. The number of hydrogen-bond donors (Lipinski definition) is 2. The van der Waals surface area contributed by atoms with Crippen molar-refractivity contribution in [3.63, 3.8) is 0 Å². The SMILES string of the molecule is CCCCOC(=O)C1CCC(C(C)(O)c2ncc(-c3cc(C)cc(Nc4nccc(C)n4)c3)s2)CC1. The van der Waals surface area contributed by atoms with E-state index in [1.54, 1.807) is 6.20 Å². The van der Waals surface area contributed by atoms with Crippen LogP contribution in [0.4, 0.5) is 11.6 Å². The fourth-order valence-corrected chi connectivity index (χ4v) is 5.81. The zero-order valence-corrected chi connectivity index (χ0v) is 22.4. The van der Waals surface area contributed by atoms with Gasteiger partial charge in [0.2, 0.25) is 5.95 Å². The van der Waals surface area contributed by atoms with Crippen LogP contribution in [0.25, 0.3) is 10.4 Å². The lowest BCUT2D eigenvalue weighted by Crippen LogP contribution is -2.36. The molecule has 1 aliphatic carbocycles. The molecule has 1 fully saturated rings. The number of carbonyl (C=O) groups is 1. The topological polar surface area (TPSA) is 97.2 Å². The Morgan fingerprint density at radius 1 is 1.19 bits per heavy atom. The largest absolute Gasteiger partial charge is 0.465 e. The summed E-state index contributed by atoms with van der Waals surface area (Å²) in [4.78, 5) is 26.7. The van der Waals surface area contributed by atoms with Gasteiger partial charge in [-0.2, -0.15) is 0 Å². The number of anilines is 2. The Hall–Kier alpha value is -2.84. The molecular formula is C28H36N4O3S. The Bertz CT molecular complexity index is 1190. The molecule has 3 aromatic rings. The Kier molecular flexibility index (Phi) is 8.36. The lowest BCUT2D eigenvalue weighted by molar-refractivity contribution is -0.151. The van der Waals surface area contributed by atoms with E-state index in [1.807, 2.05) is 26.1 Å². The van der Waals surface area contributed by atoms with Gasteiger partial charge in [-0.1, -0.05) is 19.4 Å². The van der Waals surface area contributed by atoms with Crippen molar-refractivity contribution in [2.24, 2.45) is 11.8 Å². The van der Waals surface area contributed by atoms with Gasteiger partial charge in [0.05, 0.1) is 17.4 Å². The van der Waals surface area contributed by atoms with Crippen molar-refractivity contribution < 1.29 is 14.6 Å². The van der Waals surface area contributed by atoms with E-state index in [1.165, 1.54) is 11.3 Å². The van der Waals surface area contributed by atoms with Crippen LogP contribution < -0.4 is 5.32 Å². The fraction of sp³-hybridized carbons (Fsp3) is 0.500. The first kappa shape index (κ1) is 26.2. The first-order valence-electron chi connectivity index (χ1n) is 12.8. The van der Waals surface area contributed by atoms with Crippen LogP contribution in [-0.4, -0.2) is 32.6 Å². The number of nitrogens with one attached hydrogen (secondary N) is 1. The summed E-state index contributed by atoms with van der Waals surface area (Å²) in [6, 6.07) is 8.09. The second-order valence-corrected chi connectivity index (χ2v) is 11.0. The monoisotopic (exact) mass is 508 g/mol. The second-order valence-electron chi connectivity index (χ2n) is 9.98. The zero-order valence-electron chi connectivity index (χ0n) is 21.6. The molecule has 0 radical (unpaired) electrons. The van der Waals surface area contributed by atoms with Crippen LogP contribution in [0.5, 0.6) is 0 Å². The third kappa shape index (κ3) is 6.28. The van der Waals surface area contributed by atoms with Crippen molar-refractivity contribution >= 4 is 28.9 Å². The van der Waals surface area contributed by atoms with Gasteiger partial charge in [-0.3, -0.25) is 4.79 Å². The Balaban J connectivity index is 1.44. The Labute approximate surface area is 217 Å². The number of unbranched alkanes of at least 4 members (excludes halogenated alkanes) is 1. The molecule has 36 heavy (non-hydrogen) atoms. The summed E-state index contributed by atoms with van der Waals surface area (Å²) in [5, 5.41) is 15.5. The van der Waals surface area contributed by atoms with Crippen LogP contribution in [-0.2, 0) is 15.1 Å². The summed E-state index contributed by atoms with van der Waals surface area (Å²) in [6.45, 7) is 8.43. The molecule has 0 amide bonds. The molecule has 1 aliphatic rings. The van der Waals surface area contributed by atoms with E-state index in [9.17, 15) is 9.90 Å². The van der Waals surface area contributed by atoms with Crippen molar-refractivity contribution in [3.05, 3.63) is 52.9 Å². The third-order valence-electron chi connectivity index (χ3n) is 6.95. The molecule has 2 aromatic heterocycles. The number of benzene rings is 1. The van der Waals surface area contributed by atoms with Gasteiger partial charge in [-0.15, -0.1) is 11.3 Å². The molecule has 4 rings (SSSR count). The lowest BCUT2D eigenvalue weighted by Gasteiger charge is -2.36. The quantitative estimate of drug-likeness (QED) is 0.258. The molecule has 1 unspecified atom stereocenters. The molecule has 1 aromatic carbocycles. The third-order valence-corrected chi connectivity index (χ3v) is 8.22. The molecule has 0 bridgehead atoms. The van der Waals surface area contributed by atoms with Gasteiger partial charge >= 0.3 is 5.97 Å². The van der Waals surface area contributed by atoms with Gasteiger partial charge in [-0.05, 0) is 88.1 Å². The molecule has 2 heterocycles. The Morgan fingerprint density at radius 3 is 2.69 bits per heavy atom. The van der Waals surface area contributed by atoms with E-state index in [0.29, 0.717) is 17.6 Å². The normalized spacial score (nSPS) is 19.5. The van der Waals surface area contributed by atoms with Gasteiger partial charge < -0.3 is 15.2 Å². The maximum absolute atomic E-state index is 12.3. The first-order chi connectivity index (χ1) is 17.3. The van der Waals surface area contributed by atoms with Gasteiger partial charge in [0.1, 0.15) is 10.6 Å². The smallest absolute Gasteiger partial charge is 0.308 e. The second kappa shape index (κ2) is 11.5. The molecule has 1 saturated carbocycles. The highest BCUT2D eigenvalue weighted by molar-refractivity contribution is 7.15. The summed E-state index contributed by atoms with van der Waals surface area (Å²) in [5.41, 5.74) is 2.90. The van der Waals surface area contributed by atoms with E-state index in [0.717, 1.165) is 65.9 Å². The van der Waals surface area contributed by atoms with Crippen molar-refractivity contribution in [2.75, 3.05) is 11.9 Å². The highest BCUT2D eigenvalue weighted by Gasteiger charge is 2.40. The number of esters is 1. The number of carbonyl (C=O) groups excluding carboxylic acids is 1. The highest BCUT2D eigenvalue weighted by atomic mass is 32.1. The van der Waals surface area contributed by atoms with Crippen molar-refractivity contribution in [2.45, 2.75) is 71.8 Å². The standard InChI is InChI=1S/C28H36N4O3S/c1-5-6-13-35-25(33)20-7-9-22(10-8-20)28(4,34)26-30-17-24(36-26)21-14-18(2)15-23(16-21)32-27-29-12-11-19(3)31-27/h11-12,14-17,20,22,34H,5-10,13H2,1-4H3,(H,29,31,32). The maximum Gasteiger partial charge on any atom is 0.308 e.